The fraction of sp³-hybridized carbons (Fsp3) is 0.400. The number of hydrogen-bond donors (Lipinski definition) is 1. The van der Waals surface area contributed by atoms with Gasteiger partial charge in [0.15, 0.2) is 0 Å². The lowest BCUT2D eigenvalue weighted by atomic mass is 10.1. The summed E-state index contributed by atoms with van der Waals surface area (Å²) in [5.41, 5.74) is 7.44. The predicted octanol–water partition coefficient (Wildman–Crippen LogP) is 1.35. The van der Waals surface area contributed by atoms with Crippen LogP contribution in [0.2, 0.25) is 0 Å². The molecule has 0 atom stereocenters. The van der Waals surface area contributed by atoms with Gasteiger partial charge >= 0.3 is 0 Å². The van der Waals surface area contributed by atoms with Gasteiger partial charge in [-0.25, -0.2) is 0 Å². The van der Waals surface area contributed by atoms with E-state index in [4.69, 9.17) is 15.7 Å². The number of rotatable bonds is 5. The highest BCUT2D eigenvalue weighted by atomic mass is 16.5. The van der Waals surface area contributed by atoms with Gasteiger partial charge in [-0.3, -0.25) is 0 Å². The molecule has 0 unspecified atom stereocenters. The van der Waals surface area contributed by atoms with Gasteiger partial charge in [-0.05, 0) is 30.8 Å². The minimum Gasteiger partial charge on any atom is -0.497 e. The number of methoxy groups -OCH3 is 1. The maximum atomic E-state index is 8.60. The van der Waals surface area contributed by atoms with Crippen LogP contribution in [-0.2, 0) is 6.54 Å². The summed E-state index contributed by atoms with van der Waals surface area (Å²) in [6, 6.07) is 7.95. The van der Waals surface area contributed by atoms with Crippen LogP contribution in [0.15, 0.2) is 18.2 Å². The van der Waals surface area contributed by atoms with Crippen molar-refractivity contribution in [2.75, 3.05) is 27.2 Å². The van der Waals surface area contributed by atoms with E-state index in [1.807, 2.05) is 25.2 Å². The normalized spacial score (nSPS) is 9.63. The highest BCUT2D eigenvalue weighted by Gasteiger charge is 2.06. The molecule has 0 heterocycles. The summed E-state index contributed by atoms with van der Waals surface area (Å²) in [6.07, 6.45) is 0.518. The van der Waals surface area contributed by atoms with Gasteiger partial charge in [0, 0.05) is 25.1 Å². The summed E-state index contributed by atoms with van der Waals surface area (Å²) >= 11 is 0. The van der Waals surface area contributed by atoms with Crippen molar-refractivity contribution in [1.82, 2.24) is 4.90 Å². The summed E-state index contributed by atoms with van der Waals surface area (Å²) in [5.74, 6) is 6.74. The molecule has 0 saturated carbocycles. The first-order valence-electron chi connectivity index (χ1n) is 6.12. The van der Waals surface area contributed by atoms with Gasteiger partial charge in [0.1, 0.15) is 5.75 Å². The molecule has 0 spiro atoms. The Kier molecular flexibility index (Phi) is 6.46. The summed E-state index contributed by atoms with van der Waals surface area (Å²) < 4.78 is 5.23. The lowest BCUT2D eigenvalue weighted by molar-refractivity contribution is 0.333. The fourth-order valence-electron chi connectivity index (χ4n) is 1.71. The molecule has 4 heteroatoms. The number of nitrogens with two attached hydrogens (primary N) is 1. The minimum absolute atomic E-state index is 0.343. The Morgan fingerprint density at radius 2 is 2.21 bits per heavy atom. The predicted molar refractivity (Wildman–Crippen MR) is 75.5 cm³/mol. The zero-order chi connectivity index (χ0) is 14.1. The molecule has 100 valence electrons. The molecule has 0 aliphatic carbocycles. The maximum absolute atomic E-state index is 8.60. The molecule has 1 aromatic carbocycles. The van der Waals surface area contributed by atoms with Crippen LogP contribution in [0.5, 0.6) is 5.75 Å². The molecular formula is C15H19N3O. The van der Waals surface area contributed by atoms with Gasteiger partial charge < -0.3 is 15.4 Å². The molecule has 0 aliphatic rings. The van der Waals surface area contributed by atoms with Crippen molar-refractivity contribution in [3.63, 3.8) is 0 Å². The van der Waals surface area contributed by atoms with Crippen LogP contribution in [0.4, 0.5) is 0 Å². The van der Waals surface area contributed by atoms with Crippen molar-refractivity contribution in [1.29, 1.82) is 5.26 Å². The topological polar surface area (TPSA) is 62.3 Å². The Morgan fingerprint density at radius 1 is 1.42 bits per heavy atom. The summed E-state index contributed by atoms with van der Waals surface area (Å²) in [6.45, 7) is 1.81. The van der Waals surface area contributed by atoms with E-state index in [0.717, 1.165) is 30.0 Å². The van der Waals surface area contributed by atoms with E-state index in [0.29, 0.717) is 13.0 Å². The molecule has 0 aromatic heterocycles. The van der Waals surface area contributed by atoms with Crippen molar-refractivity contribution in [3.8, 4) is 23.7 Å². The molecule has 19 heavy (non-hydrogen) atoms. The lowest BCUT2D eigenvalue weighted by Crippen LogP contribution is -2.19. The van der Waals surface area contributed by atoms with E-state index in [1.165, 1.54) is 0 Å². The second-order valence-electron chi connectivity index (χ2n) is 4.17. The fourth-order valence-corrected chi connectivity index (χ4v) is 1.71. The van der Waals surface area contributed by atoms with Crippen molar-refractivity contribution in [3.05, 3.63) is 29.3 Å². The Balaban J connectivity index is 2.91. The number of hydrogen-bond acceptors (Lipinski definition) is 4. The van der Waals surface area contributed by atoms with E-state index in [9.17, 15) is 0 Å². The van der Waals surface area contributed by atoms with Crippen molar-refractivity contribution >= 4 is 0 Å². The molecule has 0 bridgehead atoms. The molecule has 0 aliphatic heterocycles. The van der Waals surface area contributed by atoms with Gasteiger partial charge in [0.05, 0.1) is 19.7 Å². The van der Waals surface area contributed by atoms with E-state index < -0.39 is 0 Å². The van der Waals surface area contributed by atoms with Gasteiger partial charge in [-0.15, -0.1) is 0 Å². The second-order valence-corrected chi connectivity index (χ2v) is 4.17. The Bertz CT molecular complexity index is 508. The zero-order valence-corrected chi connectivity index (χ0v) is 11.4. The van der Waals surface area contributed by atoms with E-state index in [2.05, 4.69) is 22.8 Å². The first-order chi connectivity index (χ1) is 9.21. The molecular weight excluding hydrogens is 238 g/mol. The van der Waals surface area contributed by atoms with Crippen LogP contribution < -0.4 is 10.5 Å². The molecule has 1 aromatic rings. The van der Waals surface area contributed by atoms with Crippen LogP contribution in [0.3, 0.4) is 0 Å². The molecule has 4 nitrogen and oxygen atoms in total. The van der Waals surface area contributed by atoms with Gasteiger partial charge in [0.2, 0.25) is 0 Å². The second kappa shape index (κ2) is 8.16. The average molecular weight is 257 g/mol. The van der Waals surface area contributed by atoms with Crippen molar-refractivity contribution in [2.24, 2.45) is 5.73 Å². The third kappa shape index (κ3) is 5.01. The smallest absolute Gasteiger partial charge is 0.119 e. The number of nitriles is 1. The monoisotopic (exact) mass is 257 g/mol. The number of benzene rings is 1. The van der Waals surface area contributed by atoms with E-state index >= 15 is 0 Å². The van der Waals surface area contributed by atoms with Crippen LogP contribution >= 0.6 is 0 Å². The van der Waals surface area contributed by atoms with Crippen molar-refractivity contribution in [2.45, 2.75) is 13.0 Å². The summed E-state index contributed by atoms with van der Waals surface area (Å²) in [4.78, 5) is 2.09. The summed E-state index contributed by atoms with van der Waals surface area (Å²) in [7, 11) is 3.63. The van der Waals surface area contributed by atoms with Crippen molar-refractivity contribution < 1.29 is 4.74 Å². The van der Waals surface area contributed by atoms with Crippen LogP contribution in [0, 0.1) is 23.2 Å². The molecule has 0 amide bonds. The first-order valence-corrected chi connectivity index (χ1v) is 6.12. The number of ether oxygens (including phenoxy) is 1. The Labute approximate surface area is 114 Å². The lowest BCUT2D eigenvalue weighted by Gasteiger charge is -2.16. The zero-order valence-electron chi connectivity index (χ0n) is 11.4. The molecule has 1 rings (SSSR count). The van der Waals surface area contributed by atoms with Gasteiger partial charge in [0.25, 0.3) is 0 Å². The maximum Gasteiger partial charge on any atom is 0.119 e. The number of nitrogens with zero attached hydrogens (tertiary/aromatic N) is 2. The Morgan fingerprint density at radius 3 is 2.84 bits per heavy atom. The third-order valence-electron chi connectivity index (χ3n) is 2.68. The quantitative estimate of drug-likeness (QED) is 0.809. The molecule has 0 radical (unpaired) electrons. The molecule has 0 saturated heterocycles. The largest absolute Gasteiger partial charge is 0.497 e. The first kappa shape index (κ1) is 15.0. The SMILES string of the molecule is COc1ccc(C#CCN)c(CN(C)CCC#N)c1. The molecule has 0 fully saturated rings. The van der Waals surface area contributed by atoms with Gasteiger partial charge in [-0.1, -0.05) is 11.8 Å². The minimum atomic E-state index is 0.343. The van der Waals surface area contributed by atoms with Crippen LogP contribution in [0.1, 0.15) is 17.5 Å². The third-order valence-corrected chi connectivity index (χ3v) is 2.68. The Hall–Kier alpha value is -2.01. The highest BCUT2D eigenvalue weighted by molar-refractivity contribution is 5.45. The molecule has 2 N–H and O–H groups in total. The standard InChI is InChI=1S/C15H19N3O/c1-18(10-4-9-17)12-14-11-15(19-2)7-6-13(14)5-3-8-16/h6-7,11H,4,8,10,12,16H2,1-2H3. The van der Waals surface area contributed by atoms with E-state index in [1.54, 1.807) is 7.11 Å². The summed E-state index contributed by atoms with van der Waals surface area (Å²) in [5, 5.41) is 8.60. The highest BCUT2D eigenvalue weighted by Crippen LogP contribution is 2.18. The van der Waals surface area contributed by atoms with Gasteiger partial charge in [-0.2, -0.15) is 5.26 Å². The van der Waals surface area contributed by atoms with E-state index in [-0.39, 0.29) is 0 Å². The van der Waals surface area contributed by atoms with Crippen LogP contribution in [0.25, 0.3) is 0 Å². The van der Waals surface area contributed by atoms with Crippen LogP contribution in [-0.4, -0.2) is 32.1 Å². The average Bonchev–Trinajstić information content (AvgIpc) is 2.43.